The summed E-state index contributed by atoms with van der Waals surface area (Å²) in [4.78, 5) is 6.25. The fourth-order valence-electron chi connectivity index (χ4n) is 2.49. The Morgan fingerprint density at radius 2 is 2.00 bits per heavy atom. The first-order valence-electron chi connectivity index (χ1n) is 7.06. The van der Waals surface area contributed by atoms with Gasteiger partial charge in [-0.25, -0.2) is 4.98 Å². The van der Waals surface area contributed by atoms with Crippen LogP contribution in [0.5, 0.6) is 0 Å². The molecule has 1 aliphatic carbocycles. The second-order valence-corrected chi connectivity index (χ2v) is 6.22. The topological polar surface area (TPSA) is 48.7 Å². The molecule has 0 bridgehead atoms. The summed E-state index contributed by atoms with van der Waals surface area (Å²) < 4.78 is 0. The maximum absolute atomic E-state index is 8.76. The van der Waals surface area contributed by atoms with Crippen LogP contribution in [0.4, 0.5) is 5.69 Å². The summed E-state index contributed by atoms with van der Waals surface area (Å²) in [6.07, 6.45) is 5.96. The van der Waals surface area contributed by atoms with Crippen molar-refractivity contribution in [3.63, 3.8) is 0 Å². The second-order valence-electron chi connectivity index (χ2n) is 5.05. The Morgan fingerprint density at radius 1 is 1.20 bits per heavy atom. The summed E-state index contributed by atoms with van der Waals surface area (Å²) in [5.74, 6) is 0. The van der Waals surface area contributed by atoms with Crippen LogP contribution >= 0.6 is 11.3 Å². The lowest BCUT2D eigenvalue weighted by atomic mass is 10.0. The number of rotatable bonds is 4. The van der Waals surface area contributed by atoms with Crippen LogP contribution in [0.15, 0.2) is 24.3 Å². The SMILES string of the molecule is N#Cc1ccc(NCCc2nc3c(s2)CCCC3)cc1. The zero-order chi connectivity index (χ0) is 13.8. The molecule has 2 aromatic rings. The Kier molecular flexibility index (Phi) is 3.98. The lowest BCUT2D eigenvalue weighted by Gasteiger charge is -2.06. The van der Waals surface area contributed by atoms with Crippen molar-refractivity contribution in [3.8, 4) is 6.07 Å². The van der Waals surface area contributed by atoms with E-state index in [9.17, 15) is 0 Å². The molecule has 0 saturated heterocycles. The summed E-state index contributed by atoms with van der Waals surface area (Å²) >= 11 is 1.88. The standard InChI is InChI=1S/C16H17N3S/c17-11-12-5-7-13(8-6-12)18-10-9-16-19-14-3-1-2-4-15(14)20-16/h5-8,18H,1-4,9-10H2. The lowest BCUT2D eigenvalue weighted by molar-refractivity contribution is 0.680. The number of aromatic nitrogens is 1. The Morgan fingerprint density at radius 3 is 2.75 bits per heavy atom. The molecule has 0 radical (unpaired) electrons. The highest BCUT2D eigenvalue weighted by Gasteiger charge is 2.14. The number of thiazole rings is 1. The van der Waals surface area contributed by atoms with Crippen LogP contribution in [-0.4, -0.2) is 11.5 Å². The molecule has 1 aromatic heterocycles. The lowest BCUT2D eigenvalue weighted by Crippen LogP contribution is -2.04. The molecule has 0 atom stereocenters. The first-order chi connectivity index (χ1) is 9.85. The fraction of sp³-hybridized carbons (Fsp3) is 0.375. The quantitative estimate of drug-likeness (QED) is 0.933. The number of nitrogens with zero attached hydrogens (tertiary/aromatic N) is 2. The second kappa shape index (κ2) is 6.06. The smallest absolute Gasteiger partial charge is 0.0991 e. The number of benzene rings is 1. The van der Waals surface area contributed by atoms with Gasteiger partial charge in [-0.15, -0.1) is 11.3 Å². The van der Waals surface area contributed by atoms with Crippen molar-refractivity contribution in [3.05, 3.63) is 45.4 Å². The molecular formula is C16H17N3S. The molecule has 0 amide bonds. The molecule has 0 fully saturated rings. The summed E-state index contributed by atoms with van der Waals surface area (Å²) in [5.41, 5.74) is 3.10. The third-order valence-electron chi connectivity index (χ3n) is 3.57. The number of nitrogens with one attached hydrogen (secondary N) is 1. The van der Waals surface area contributed by atoms with Crippen LogP contribution in [0.2, 0.25) is 0 Å². The van der Waals surface area contributed by atoms with E-state index in [0.717, 1.165) is 25.1 Å². The van der Waals surface area contributed by atoms with Crippen molar-refractivity contribution >= 4 is 17.0 Å². The van der Waals surface area contributed by atoms with Gasteiger partial charge in [0.2, 0.25) is 0 Å². The normalized spacial score (nSPS) is 13.6. The minimum atomic E-state index is 0.697. The molecule has 0 saturated carbocycles. The monoisotopic (exact) mass is 283 g/mol. The summed E-state index contributed by atoms with van der Waals surface area (Å²) in [6.45, 7) is 0.887. The predicted molar refractivity (Wildman–Crippen MR) is 82.1 cm³/mol. The largest absolute Gasteiger partial charge is 0.385 e. The zero-order valence-corrected chi connectivity index (χ0v) is 12.2. The average molecular weight is 283 g/mol. The summed E-state index contributed by atoms with van der Waals surface area (Å²) in [6, 6.07) is 9.70. The average Bonchev–Trinajstić information content (AvgIpc) is 2.90. The van der Waals surface area contributed by atoms with Gasteiger partial charge in [0.1, 0.15) is 0 Å². The van der Waals surface area contributed by atoms with Crippen molar-refractivity contribution in [2.45, 2.75) is 32.1 Å². The summed E-state index contributed by atoms with van der Waals surface area (Å²) in [5, 5.41) is 13.4. The van der Waals surface area contributed by atoms with Gasteiger partial charge in [-0.1, -0.05) is 0 Å². The van der Waals surface area contributed by atoms with E-state index in [1.54, 1.807) is 0 Å². The first kappa shape index (κ1) is 13.1. The van der Waals surface area contributed by atoms with Gasteiger partial charge in [0.25, 0.3) is 0 Å². The molecule has 1 aromatic carbocycles. The van der Waals surface area contributed by atoms with Gasteiger partial charge in [-0.05, 0) is 49.9 Å². The zero-order valence-electron chi connectivity index (χ0n) is 11.4. The van der Waals surface area contributed by atoms with E-state index in [1.807, 2.05) is 35.6 Å². The van der Waals surface area contributed by atoms with E-state index in [2.05, 4.69) is 11.4 Å². The van der Waals surface area contributed by atoms with E-state index in [0.29, 0.717) is 5.56 Å². The van der Waals surface area contributed by atoms with Crippen molar-refractivity contribution in [1.29, 1.82) is 5.26 Å². The third kappa shape index (κ3) is 3.00. The Bertz CT molecular complexity index is 599. The highest BCUT2D eigenvalue weighted by atomic mass is 32.1. The Hall–Kier alpha value is -1.86. The van der Waals surface area contributed by atoms with Gasteiger partial charge >= 0.3 is 0 Å². The minimum Gasteiger partial charge on any atom is -0.385 e. The van der Waals surface area contributed by atoms with Crippen molar-refractivity contribution < 1.29 is 0 Å². The maximum atomic E-state index is 8.76. The Balaban J connectivity index is 1.54. The van der Waals surface area contributed by atoms with E-state index in [4.69, 9.17) is 10.2 Å². The summed E-state index contributed by atoms with van der Waals surface area (Å²) in [7, 11) is 0. The van der Waals surface area contributed by atoms with Gasteiger partial charge in [0.05, 0.1) is 22.3 Å². The molecule has 1 heterocycles. The Labute approximate surface area is 123 Å². The molecule has 4 heteroatoms. The number of hydrogen-bond donors (Lipinski definition) is 1. The van der Waals surface area contributed by atoms with Gasteiger partial charge in [-0.3, -0.25) is 0 Å². The highest BCUT2D eigenvalue weighted by molar-refractivity contribution is 7.11. The number of nitriles is 1. The van der Waals surface area contributed by atoms with Crippen molar-refractivity contribution in [1.82, 2.24) is 4.98 Å². The van der Waals surface area contributed by atoms with Crippen LogP contribution in [-0.2, 0) is 19.3 Å². The van der Waals surface area contributed by atoms with Gasteiger partial charge in [0.15, 0.2) is 0 Å². The van der Waals surface area contributed by atoms with Crippen molar-refractivity contribution in [2.75, 3.05) is 11.9 Å². The van der Waals surface area contributed by atoms with Gasteiger partial charge in [-0.2, -0.15) is 5.26 Å². The number of aryl methyl sites for hydroxylation is 2. The van der Waals surface area contributed by atoms with E-state index < -0.39 is 0 Å². The molecule has 0 unspecified atom stereocenters. The minimum absolute atomic E-state index is 0.697. The predicted octanol–water partition coefficient (Wildman–Crippen LogP) is 3.55. The molecule has 0 aliphatic heterocycles. The molecule has 0 spiro atoms. The third-order valence-corrected chi connectivity index (χ3v) is 4.79. The van der Waals surface area contributed by atoms with Crippen LogP contribution < -0.4 is 5.32 Å². The molecule has 3 rings (SSSR count). The van der Waals surface area contributed by atoms with Gasteiger partial charge < -0.3 is 5.32 Å². The number of anilines is 1. The number of hydrogen-bond acceptors (Lipinski definition) is 4. The highest BCUT2D eigenvalue weighted by Crippen LogP contribution is 2.26. The van der Waals surface area contributed by atoms with Crippen LogP contribution in [0.3, 0.4) is 0 Å². The van der Waals surface area contributed by atoms with Crippen LogP contribution in [0.25, 0.3) is 0 Å². The fourth-order valence-corrected chi connectivity index (χ4v) is 3.65. The number of fused-ring (bicyclic) bond motifs is 1. The van der Waals surface area contributed by atoms with E-state index >= 15 is 0 Å². The molecule has 1 aliphatic rings. The van der Waals surface area contributed by atoms with Gasteiger partial charge in [0, 0.05) is 23.5 Å². The molecule has 1 N–H and O–H groups in total. The molecule has 102 valence electrons. The maximum Gasteiger partial charge on any atom is 0.0991 e. The van der Waals surface area contributed by atoms with Crippen LogP contribution in [0, 0.1) is 11.3 Å². The molecular weight excluding hydrogens is 266 g/mol. The van der Waals surface area contributed by atoms with Crippen LogP contribution in [0.1, 0.15) is 34.0 Å². The molecule has 20 heavy (non-hydrogen) atoms. The first-order valence-corrected chi connectivity index (χ1v) is 7.88. The van der Waals surface area contributed by atoms with E-state index in [-0.39, 0.29) is 0 Å². The molecule has 3 nitrogen and oxygen atoms in total. The van der Waals surface area contributed by atoms with E-state index in [1.165, 1.54) is 34.8 Å². The van der Waals surface area contributed by atoms with Crippen molar-refractivity contribution in [2.24, 2.45) is 0 Å².